The van der Waals surface area contributed by atoms with Gasteiger partial charge in [-0.05, 0) is 54.3 Å². The highest BCUT2D eigenvalue weighted by Gasteiger charge is 2.21. The minimum absolute atomic E-state index is 0.520. The van der Waals surface area contributed by atoms with Gasteiger partial charge in [-0.3, -0.25) is 0 Å². The van der Waals surface area contributed by atoms with Gasteiger partial charge >= 0.3 is 0 Å². The van der Waals surface area contributed by atoms with Crippen molar-refractivity contribution in [3.05, 3.63) is 30.6 Å². The van der Waals surface area contributed by atoms with E-state index in [0.717, 1.165) is 17.3 Å². The van der Waals surface area contributed by atoms with Crippen molar-refractivity contribution in [1.82, 2.24) is 20.2 Å². The Labute approximate surface area is 113 Å². The van der Waals surface area contributed by atoms with Crippen LogP contribution in [0.1, 0.15) is 32.6 Å². The Kier molecular flexibility index (Phi) is 3.44. The third-order valence-corrected chi connectivity index (χ3v) is 3.96. The SMILES string of the molecule is CC(Nc1cccc(-n2cnnn2)c1)C1CCCC1. The van der Waals surface area contributed by atoms with Gasteiger partial charge in [0.15, 0.2) is 0 Å². The number of anilines is 1. The zero-order valence-electron chi connectivity index (χ0n) is 11.2. The van der Waals surface area contributed by atoms with E-state index in [4.69, 9.17) is 0 Å². The second-order valence-corrected chi connectivity index (χ2v) is 5.28. The van der Waals surface area contributed by atoms with Crippen LogP contribution in [-0.4, -0.2) is 26.2 Å². The standard InChI is InChI=1S/C14H19N5/c1-11(12-5-2-3-6-12)16-13-7-4-8-14(9-13)19-10-15-17-18-19/h4,7-12,16H,2-3,5-6H2,1H3. The molecule has 19 heavy (non-hydrogen) atoms. The molecular weight excluding hydrogens is 238 g/mol. The normalized spacial score (nSPS) is 17.5. The highest BCUT2D eigenvalue weighted by Crippen LogP contribution is 2.29. The summed E-state index contributed by atoms with van der Waals surface area (Å²) >= 11 is 0. The zero-order chi connectivity index (χ0) is 13.1. The Morgan fingerprint density at radius 1 is 1.32 bits per heavy atom. The van der Waals surface area contributed by atoms with Crippen LogP contribution < -0.4 is 5.32 Å². The maximum atomic E-state index is 3.91. The average Bonchev–Trinajstić information content (AvgIpc) is 3.13. The van der Waals surface area contributed by atoms with E-state index in [1.54, 1.807) is 11.0 Å². The van der Waals surface area contributed by atoms with E-state index in [9.17, 15) is 0 Å². The number of tetrazole rings is 1. The van der Waals surface area contributed by atoms with Crippen molar-refractivity contribution in [2.75, 3.05) is 5.32 Å². The second kappa shape index (κ2) is 5.38. The van der Waals surface area contributed by atoms with Crippen LogP contribution in [0.4, 0.5) is 5.69 Å². The van der Waals surface area contributed by atoms with E-state index in [-0.39, 0.29) is 0 Å². The molecule has 1 aliphatic carbocycles. The van der Waals surface area contributed by atoms with E-state index in [0.29, 0.717) is 6.04 Å². The molecule has 0 spiro atoms. The lowest BCUT2D eigenvalue weighted by atomic mass is 9.99. The van der Waals surface area contributed by atoms with E-state index >= 15 is 0 Å². The molecule has 2 aromatic rings. The van der Waals surface area contributed by atoms with Crippen LogP contribution in [0.3, 0.4) is 0 Å². The number of nitrogens with one attached hydrogen (secondary N) is 1. The molecule has 1 atom stereocenters. The summed E-state index contributed by atoms with van der Waals surface area (Å²) in [5, 5.41) is 14.8. The lowest BCUT2D eigenvalue weighted by Crippen LogP contribution is -2.23. The quantitative estimate of drug-likeness (QED) is 0.915. The van der Waals surface area contributed by atoms with Gasteiger partial charge in [0.25, 0.3) is 0 Å². The molecule has 1 heterocycles. The maximum absolute atomic E-state index is 3.91. The van der Waals surface area contributed by atoms with Gasteiger partial charge in [0.2, 0.25) is 0 Å². The fourth-order valence-corrected chi connectivity index (χ4v) is 2.86. The van der Waals surface area contributed by atoms with Gasteiger partial charge in [-0.15, -0.1) is 5.10 Å². The maximum Gasteiger partial charge on any atom is 0.143 e. The van der Waals surface area contributed by atoms with Gasteiger partial charge in [0, 0.05) is 11.7 Å². The predicted octanol–water partition coefficient (Wildman–Crippen LogP) is 2.65. The van der Waals surface area contributed by atoms with E-state index in [2.05, 4.69) is 39.9 Å². The molecule has 1 unspecified atom stereocenters. The fraction of sp³-hybridized carbons (Fsp3) is 0.500. The molecular formula is C14H19N5. The molecule has 1 N–H and O–H groups in total. The number of rotatable bonds is 4. The molecule has 3 rings (SSSR count). The van der Waals surface area contributed by atoms with Gasteiger partial charge in [0.05, 0.1) is 5.69 Å². The highest BCUT2D eigenvalue weighted by molar-refractivity contribution is 5.51. The first kappa shape index (κ1) is 12.1. The van der Waals surface area contributed by atoms with Crippen molar-refractivity contribution < 1.29 is 0 Å². The monoisotopic (exact) mass is 257 g/mol. The predicted molar refractivity (Wildman–Crippen MR) is 74.2 cm³/mol. The molecule has 1 fully saturated rings. The van der Waals surface area contributed by atoms with Crippen molar-refractivity contribution in [2.24, 2.45) is 5.92 Å². The van der Waals surface area contributed by atoms with Gasteiger partial charge in [-0.2, -0.15) is 0 Å². The molecule has 5 nitrogen and oxygen atoms in total. The fourth-order valence-electron chi connectivity index (χ4n) is 2.86. The molecule has 1 aliphatic rings. The molecule has 0 saturated heterocycles. The first-order valence-corrected chi connectivity index (χ1v) is 6.93. The van der Waals surface area contributed by atoms with Gasteiger partial charge in [-0.25, -0.2) is 4.68 Å². The van der Waals surface area contributed by atoms with Crippen LogP contribution >= 0.6 is 0 Å². The summed E-state index contributed by atoms with van der Waals surface area (Å²) in [7, 11) is 0. The van der Waals surface area contributed by atoms with E-state index < -0.39 is 0 Å². The summed E-state index contributed by atoms with van der Waals surface area (Å²) in [4.78, 5) is 0. The van der Waals surface area contributed by atoms with Gasteiger partial charge in [-0.1, -0.05) is 18.9 Å². The Hall–Kier alpha value is -1.91. The van der Waals surface area contributed by atoms with Crippen molar-refractivity contribution in [3.8, 4) is 5.69 Å². The van der Waals surface area contributed by atoms with Crippen molar-refractivity contribution >= 4 is 5.69 Å². The van der Waals surface area contributed by atoms with E-state index in [1.165, 1.54) is 25.7 Å². The minimum Gasteiger partial charge on any atom is -0.382 e. The third-order valence-electron chi connectivity index (χ3n) is 3.96. The van der Waals surface area contributed by atoms with Crippen LogP contribution in [0.5, 0.6) is 0 Å². The largest absolute Gasteiger partial charge is 0.382 e. The summed E-state index contributed by atoms with van der Waals surface area (Å²) < 4.78 is 1.67. The minimum atomic E-state index is 0.520. The number of nitrogens with zero attached hydrogens (tertiary/aromatic N) is 4. The molecule has 0 aliphatic heterocycles. The molecule has 5 heteroatoms. The third kappa shape index (κ3) is 2.75. The smallest absolute Gasteiger partial charge is 0.143 e. The first-order valence-electron chi connectivity index (χ1n) is 6.93. The summed E-state index contributed by atoms with van der Waals surface area (Å²) in [5.74, 6) is 0.802. The van der Waals surface area contributed by atoms with Crippen LogP contribution in [0.15, 0.2) is 30.6 Å². The summed E-state index contributed by atoms with van der Waals surface area (Å²) in [6, 6.07) is 8.73. The van der Waals surface area contributed by atoms with Crippen molar-refractivity contribution in [3.63, 3.8) is 0 Å². The summed E-state index contributed by atoms with van der Waals surface area (Å²) in [6.07, 6.45) is 7.06. The Bertz CT molecular complexity index is 516. The second-order valence-electron chi connectivity index (χ2n) is 5.28. The molecule has 0 amide bonds. The molecule has 1 aromatic carbocycles. The Morgan fingerprint density at radius 3 is 2.89 bits per heavy atom. The lowest BCUT2D eigenvalue weighted by Gasteiger charge is -2.21. The Balaban J connectivity index is 1.72. The first-order chi connectivity index (χ1) is 9.33. The molecule has 1 saturated carbocycles. The van der Waals surface area contributed by atoms with Crippen molar-refractivity contribution in [2.45, 2.75) is 38.6 Å². The van der Waals surface area contributed by atoms with Crippen LogP contribution in [-0.2, 0) is 0 Å². The van der Waals surface area contributed by atoms with Crippen LogP contribution in [0, 0.1) is 5.92 Å². The van der Waals surface area contributed by atoms with E-state index in [1.807, 2.05) is 12.1 Å². The topological polar surface area (TPSA) is 55.6 Å². The molecule has 0 bridgehead atoms. The number of hydrogen-bond donors (Lipinski definition) is 1. The average molecular weight is 257 g/mol. The molecule has 100 valence electrons. The summed E-state index contributed by atoms with van der Waals surface area (Å²) in [5.41, 5.74) is 2.11. The highest BCUT2D eigenvalue weighted by atomic mass is 15.5. The number of benzene rings is 1. The number of hydrogen-bond acceptors (Lipinski definition) is 4. The van der Waals surface area contributed by atoms with Crippen LogP contribution in [0.25, 0.3) is 5.69 Å². The van der Waals surface area contributed by atoms with Crippen LogP contribution in [0.2, 0.25) is 0 Å². The molecule has 1 aromatic heterocycles. The lowest BCUT2D eigenvalue weighted by molar-refractivity contribution is 0.482. The Morgan fingerprint density at radius 2 is 2.16 bits per heavy atom. The zero-order valence-corrected chi connectivity index (χ0v) is 11.2. The van der Waals surface area contributed by atoms with Gasteiger partial charge in [0.1, 0.15) is 6.33 Å². The van der Waals surface area contributed by atoms with Gasteiger partial charge < -0.3 is 5.32 Å². The number of aromatic nitrogens is 4. The van der Waals surface area contributed by atoms with Crippen molar-refractivity contribution in [1.29, 1.82) is 0 Å². The summed E-state index contributed by atoms with van der Waals surface area (Å²) in [6.45, 7) is 2.28. The molecule has 0 radical (unpaired) electrons.